The van der Waals surface area contributed by atoms with E-state index in [9.17, 15) is 4.79 Å². The van der Waals surface area contributed by atoms with Crippen molar-refractivity contribution in [2.45, 2.75) is 39.0 Å². The number of likely N-dealkylation sites (tertiary alicyclic amines) is 1. The van der Waals surface area contributed by atoms with E-state index in [2.05, 4.69) is 11.9 Å². The van der Waals surface area contributed by atoms with Gasteiger partial charge in [0.25, 0.3) is 5.91 Å². The summed E-state index contributed by atoms with van der Waals surface area (Å²) in [7, 11) is 1.65. The number of hydrogen-bond acceptors (Lipinski definition) is 4. The number of carbonyl (C=O) groups is 1. The lowest BCUT2D eigenvalue weighted by molar-refractivity contribution is 0.0755. The third-order valence-corrected chi connectivity index (χ3v) is 5.78. The summed E-state index contributed by atoms with van der Waals surface area (Å²) >= 11 is 1.52. The fourth-order valence-electron chi connectivity index (χ4n) is 3.47. The van der Waals surface area contributed by atoms with Crippen LogP contribution in [0.4, 0.5) is 0 Å². The van der Waals surface area contributed by atoms with E-state index in [0.717, 1.165) is 48.2 Å². The predicted molar refractivity (Wildman–Crippen MR) is 102 cm³/mol. The van der Waals surface area contributed by atoms with Gasteiger partial charge in [0.15, 0.2) is 0 Å². The van der Waals surface area contributed by atoms with Gasteiger partial charge in [0, 0.05) is 24.0 Å². The van der Waals surface area contributed by atoms with Crippen LogP contribution in [0.15, 0.2) is 29.6 Å². The van der Waals surface area contributed by atoms with Crippen molar-refractivity contribution >= 4 is 17.2 Å². The first-order chi connectivity index (χ1) is 12.2. The Balaban J connectivity index is 1.67. The lowest BCUT2D eigenvalue weighted by Gasteiger charge is -2.19. The Kier molecular flexibility index (Phi) is 6.08. The largest absolute Gasteiger partial charge is 0.497 e. The van der Waals surface area contributed by atoms with Crippen molar-refractivity contribution in [1.82, 2.24) is 9.88 Å². The quantitative estimate of drug-likeness (QED) is 0.766. The Morgan fingerprint density at radius 3 is 2.80 bits per heavy atom. The van der Waals surface area contributed by atoms with Gasteiger partial charge in [-0.3, -0.25) is 4.79 Å². The number of hydrogen-bond donors (Lipinski definition) is 0. The van der Waals surface area contributed by atoms with Crippen LogP contribution in [0.5, 0.6) is 5.75 Å². The lowest BCUT2D eigenvalue weighted by Crippen LogP contribution is -2.32. The van der Waals surface area contributed by atoms with Crippen molar-refractivity contribution in [2.75, 3.05) is 20.2 Å². The molecule has 0 radical (unpaired) electrons. The minimum Gasteiger partial charge on any atom is -0.497 e. The number of benzene rings is 1. The molecule has 1 fully saturated rings. The minimum atomic E-state index is 0.0770. The molecule has 5 heteroatoms. The molecule has 2 heterocycles. The van der Waals surface area contributed by atoms with E-state index in [1.807, 2.05) is 34.5 Å². The number of aromatic nitrogens is 1. The molecule has 0 aliphatic carbocycles. The molecule has 0 spiro atoms. The topological polar surface area (TPSA) is 42.4 Å². The first kappa shape index (κ1) is 17.9. The first-order valence-electron chi connectivity index (χ1n) is 9.10. The van der Waals surface area contributed by atoms with Crippen LogP contribution in [0.1, 0.15) is 49.5 Å². The van der Waals surface area contributed by atoms with Gasteiger partial charge >= 0.3 is 0 Å². The molecule has 3 rings (SSSR count). The highest BCUT2D eigenvalue weighted by Gasteiger charge is 2.23. The number of ether oxygens (including phenoxy) is 1. The average Bonchev–Trinajstić information content (AvgIpc) is 3.02. The second kappa shape index (κ2) is 8.48. The molecule has 4 nitrogen and oxygen atoms in total. The summed E-state index contributed by atoms with van der Waals surface area (Å²) in [6, 6.07) is 7.79. The maximum absolute atomic E-state index is 12.8. The highest BCUT2D eigenvalue weighted by atomic mass is 32.1. The molecule has 25 heavy (non-hydrogen) atoms. The fraction of sp³-hybridized carbons (Fsp3) is 0.500. The van der Waals surface area contributed by atoms with Crippen LogP contribution < -0.4 is 4.74 Å². The van der Waals surface area contributed by atoms with Gasteiger partial charge in [0.05, 0.1) is 7.11 Å². The minimum absolute atomic E-state index is 0.0770. The van der Waals surface area contributed by atoms with Gasteiger partial charge in [-0.2, -0.15) is 0 Å². The van der Waals surface area contributed by atoms with Crippen LogP contribution in [0.2, 0.25) is 0 Å². The van der Waals surface area contributed by atoms with Gasteiger partial charge in [0.1, 0.15) is 16.5 Å². The molecule has 1 saturated heterocycles. The van der Waals surface area contributed by atoms with Gasteiger partial charge < -0.3 is 9.64 Å². The zero-order valence-electron chi connectivity index (χ0n) is 15.0. The third-order valence-electron chi connectivity index (χ3n) is 4.89. The summed E-state index contributed by atoms with van der Waals surface area (Å²) in [5.41, 5.74) is 1.59. The number of thiazole rings is 1. The zero-order chi connectivity index (χ0) is 17.6. The first-order valence-corrected chi connectivity index (χ1v) is 9.98. The normalized spacial score (nSPS) is 18.0. The van der Waals surface area contributed by atoms with E-state index >= 15 is 0 Å². The SMILES string of the molecule is CCCC1CCCN(C(=O)c2csc(-c3ccc(OC)cc3)n2)CC1. The molecular weight excluding hydrogens is 332 g/mol. The Morgan fingerprint density at radius 1 is 1.28 bits per heavy atom. The van der Waals surface area contributed by atoms with Crippen molar-refractivity contribution in [2.24, 2.45) is 5.92 Å². The molecule has 0 saturated carbocycles. The van der Waals surface area contributed by atoms with E-state index in [-0.39, 0.29) is 5.91 Å². The smallest absolute Gasteiger partial charge is 0.273 e. The molecule has 1 amide bonds. The van der Waals surface area contributed by atoms with Crippen LogP contribution in [-0.2, 0) is 0 Å². The molecule has 1 aromatic heterocycles. The molecule has 2 aromatic rings. The molecule has 1 aromatic carbocycles. The zero-order valence-corrected chi connectivity index (χ0v) is 15.8. The lowest BCUT2D eigenvalue weighted by atomic mass is 9.96. The van der Waals surface area contributed by atoms with E-state index in [1.54, 1.807) is 7.11 Å². The van der Waals surface area contributed by atoms with Crippen molar-refractivity contribution < 1.29 is 9.53 Å². The summed E-state index contributed by atoms with van der Waals surface area (Å²) in [5, 5.41) is 2.76. The molecule has 1 aliphatic heterocycles. The predicted octanol–water partition coefficient (Wildman–Crippen LogP) is 4.86. The Morgan fingerprint density at radius 2 is 2.08 bits per heavy atom. The molecule has 134 valence electrons. The van der Waals surface area contributed by atoms with Crippen LogP contribution in [0.25, 0.3) is 10.6 Å². The van der Waals surface area contributed by atoms with Crippen LogP contribution >= 0.6 is 11.3 Å². The number of rotatable bonds is 5. The van der Waals surface area contributed by atoms with Gasteiger partial charge in [-0.1, -0.05) is 19.8 Å². The van der Waals surface area contributed by atoms with Gasteiger partial charge in [-0.25, -0.2) is 4.98 Å². The second-order valence-electron chi connectivity index (χ2n) is 6.64. The van der Waals surface area contributed by atoms with Crippen molar-refractivity contribution in [1.29, 1.82) is 0 Å². The summed E-state index contributed by atoms with van der Waals surface area (Å²) in [6.07, 6.45) is 5.98. The van der Waals surface area contributed by atoms with Gasteiger partial charge in [-0.05, 0) is 49.4 Å². The standard InChI is InChI=1S/C20H26N2O2S/c1-3-5-15-6-4-12-22(13-11-15)20(23)18-14-25-19(21-18)16-7-9-17(24-2)10-8-16/h7-10,14-15H,3-6,11-13H2,1-2H3. The summed E-state index contributed by atoms with van der Waals surface area (Å²) in [4.78, 5) is 19.4. The highest BCUT2D eigenvalue weighted by Crippen LogP contribution is 2.27. The number of carbonyl (C=O) groups excluding carboxylic acids is 1. The Hall–Kier alpha value is -1.88. The van der Waals surface area contributed by atoms with E-state index in [0.29, 0.717) is 5.69 Å². The molecule has 0 bridgehead atoms. The Labute approximate surface area is 153 Å². The summed E-state index contributed by atoms with van der Waals surface area (Å²) in [5.74, 6) is 1.67. The van der Waals surface area contributed by atoms with Gasteiger partial charge in [0.2, 0.25) is 0 Å². The van der Waals surface area contributed by atoms with Crippen LogP contribution in [-0.4, -0.2) is 36.0 Å². The molecule has 1 atom stereocenters. The monoisotopic (exact) mass is 358 g/mol. The van der Waals surface area contributed by atoms with Crippen molar-refractivity contribution in [3.8, 4) is 16.3 Å². The fourth-order valence-corrected chi connectivity index (χ4v) is 4.27. The Bertz CT molecular complexity index is 696. The van der Waals surface area contributed by atoms with E-state index in [4.69, 9.17) is 4.74 Å². The third kappa shape index (κ3) is 4.40. The molecule has 1 aliphatic rings. The number of amides is 1. The number of methoxy groups -OCH3 is 1. The summed E-state index contributed by atoms with van der Waals surface area (Å²) in [6.45, 7) is 3.96. The van der Waals surface area contributed by atoms with Crippen LogP contribution in [0, 0.1) is 5.92 Å². The van der Waals surface area contributed by atoms with Crippen molar-refractivity contribution in [3.63, 3.8) is 0 Å². The van der Waals surface area contributed by atoms with E-state index < -0.39 is 0 Å². The van der Waals surface area contributed by atoms with Crippen LogP contribution in [0.3, 0.4) is 0 Å². The van der Waals surface area contributed by atoms with Gasteiger partial charge in [-0.15, -0.1) is 11.3 Å². The molecular formula is C20H26N2O2S. The maximum Gasteiger partial charge on any atom is 0.273 e. The summed E-state index contributed by atoms with van der Waals surface area (Å²) < 4.78 is 5.19. The maximum atomic E-state index is 12.8. The van der Waals surface area contributed by atoms with Crippen molar-refractivity contribution in [3.05, 3.63) is 35.3 Å². The molecule has 0 N–H and O–H groups in total. The number of nitrogens with zero attached hydrogens (tertiary/aromatic N) is 2. The highest BCUT2D eigenvalue weighted by molar-refractivity contribution is 7.13. The second-order valence-corrected chi connectivity index (χ2v) is 7.50. The molecule has 1 unspecified atom stereocenters. The average molecular weight is 359 g/mol. The van der Waals surface area contributed by atoms with E-state index in [1.165, 1.54) is 30.6 Å².